The van der Waals surface area contributed by atoms with Crippen molar-refractivity contribution in [3.63, 3.8) is 0 Å². The number of benzene rings is 1. The highest BCUT2D eigenvalue weighted by Crippen LogP contribution is 2.15. The van der Waals surface area contributed by atoms with Crippen molar-refractivity contribution in [2.24, 2.45) is 0 Å². The zero-order chi connectivity index (χ0) is 16.8. The number of rotatable bonds is 6. The van der Waals surface area contributed by atoms with Gasteiger partial charge in [-0.15, -0.1) is 0 Å². The molecule has 1 aromatic carbocycles. The van der Waals surface area contributed by atoms with Crippen LogP contribution in [0.1, 0.15) is 28.7 Å². The zero-order valence-corrected chi connectivity index (χ0v) is 12.2. The van der Waals surface area contributed by atoms with E-state index in [-0.39, 0.29) is 5.69 Å². The summed E-state index contributed by atoms with van der Waals surface area (Å²) in [5.74, 6) is -1.70. The molecule has 0 aliphatic carbocycles. The third kappa shape index (κ3) is 4.63. The lowest BCUT2D eigenvalue weighted by Crippen LogP contribution is -2.22. The van der Waals surface area contributed by atoms with Gasteiger partial charge in [-0.2, -0.15) is 0 Å². The van der Waals surface area contributed by atoms with Gasteiger partial charge in [0.05, 0.1) is 5.69 Å². The summed E-state index contributed by atoms with van der Waals surface area (Å²) in [4.78, 5) is 29.1. The highest BCUT2D eigenvalue weighted by Gasteiger charge is 2.11. The van der Waals surface area contributed by atoms with Gasteiger partial charge in [-0.25, -0.2) is 19.6 Å². The molecular weight excluding hydrogens is 300 g/mol. The molecule has 1 heterocycles. The third-order valence-corrected chi connectivity index (χ3v) is 2.89. The minimum absolute atomic E-state index is 0.0777. The van der Waals surface area contributed by atoms with Gasteiger partial charge in [-0.05, 0) is 36.8 Å². The second kappa shape index (κ2) is 7.17. The van der Waals surface area contributed by atoms with Crippen molar-refractivity contribution in [2.45, 2.75) is 13.0 Å². The van der Waals surface area contributed by atoms with E-state index in [1.807, 2.05) is 0 Å². The molecule has 0 aliphatic heterocycles. The molecule has 7 heteroatoms. The van der Waals surface area contributed by atoms with Gasteiger partial charge in [0, 0.05) is 0 Å². The molecule has 2 rings (SSSR count). The molecule has 1 unspecified atom stereocenters. The summed E-state index contributed by atoms with van der Waals surface area (Å²) in [5.41, 5.74) is 1.22. The molecule has 2 N–H and O–H groups in total. The number of nitrogens with zero attached hydrogens (tertiary/aromatic N) is 2. The molecule has 0 saturated heterocycles. The summed E-state index contributed by atoms with van der Waals surface area (Å²) >= 11 is 0. The molecular formula is C16H14N2O5. The first kappa shape index (κ1) is 16.2. The van der Waals surface area contributed by atoms with Gasteiger partial charge in [-0.1, -0.05) is 18.2 Å². The van der Waals surface area contributed by atoms with Crippen LogP contribution in [-0.2, 0) is 4.79 Å². The van der Waals surface area contributed by atoms with Gasteiger partial charge in [-0.3, -0.25) is 0 Å². The Labute approximate surface area is 131 Å². The molecule has 0 fully saturated rings. The Hall–Kier alpha value is -3.22. The number of aromatic nitrogens is 2. The molecule has 0 bridgehead atoms. The first-order valence-electron chi connectivity index (χ1n) is 6.68. The predicted octanol–water partition coefficient (Wildman–Crippen LogP) is 2.20. The van der Waals surface area contributed by atoms with Gasteiger partial charge >= 0.3 is 11.9 Å². The molecule has 2 aromatic rings. The molecule has 1 aromatic heterocycles. The molecule has 1 atom stereocenters. The van der Waals surface area contributed by atoms with Gasteiger partial charge in [0.1, 0.15) is 12.1 Å². The highest BCUT2D eigenvalue weighted by molar-refractivity contribution is 5.86. The molecule has 0 aliphatic rings. The Balaban J connectivity index is 2.07. The SMILES string of the molecule is CC(Oc1ccc(/C=C/c2cc(C(=O)O)ncn2)cc1)C(=O)O. The second-order valence-electron chi connectivity index (χ2n) is 4.63. The number of hydrogen-bond donors (Lipinski definition) is 2. The Morgan fingerprint density at radius 3 is 2.43 bits per heavy atom. The molecule has 23 heavy (non-hydrogen) atoms. The van der Waals surface area contributed by atoms with Crippen LogP contribution in [0, 0.1) is 0 Å². The standard InChI is InChI=1S/C16H14N2O5/c1-10(15(19)20)23-13-6-3-11(4-7-13)2-5-12-8-14(16(21)22)18-9-17-12/h2-10H,1H3,(H,19,20)(H,21,22)/b5-2+. The van der Waals surface area contributed by atoms with E-state index in [0.717, 1.165) is 5.56 Å². The monoisotopic (exact) mass is 314 g/mol. The fraction of sp³-hybridized carbons (Fsp3) is 0.125. The number of carboxylic acids is 2. The van der Waals surface area contributed by atoms with Crippen molar-refractivity contribution in [1.82, 2.24) is 9.97 Å². The lowest BCUT2D eigenvalue weighted by Gasteiger charge is -2.10. The largest absolute Gasteiger partial charge is 0.479 e. The molecule has 0 saturated carbocycles. The molecule has 7 nitrogen and oxygen atoms in total. The average molecular weight is 314 g/mol. The van der Waals surface area contributed by atoms with Crippen molar-refractivity contribution < 1.29 is 24.5 Å². The predicted molar refractivity (Wildman–Crippen MR) is 82.1 cm³/mol. The third-order valence-electron chi connectivity index (χ3n) is 2.89. The Morgan fingerprint density at radius 2 is 1.83 bits per heavy atom. The molecule has 0 radical (unpaired) electrons. The molecule has 0 spiro atoms. The van der Waals surface area contributed by atoms with Crippen LogP contribution in [0.25, 0.3) is 12.2 Å². The van der Waals surface area contributed by atoms with E-state index in [1.54, 1.807) is 36.4 Å². The minimum atomic E-state index is -1.11. The van der Waals surface area contributed by atoms with Gasteiger partial charge in [0.2, 0.25) is 0 Å². The number of carboxylic acid groups (broad SMARTS) is 2. The van der Waals surface area contributed by atoms with E-state index < -0.39 is 18.0 Å². The maximum absolute atomic E-state index is 10.8. The Morgan fingerprint density at radius 1 is 1.13 bits per heavy atom. The van der Waals surface area contributed by atoms with Crippen LogP contribution in [0.5, 0.6) is 5.75 Å². The number of hydrogen-bond acceptors (Lipinski definition) is 5. The van der Waals surface area contributed by atoms with Crippen molar-refractivity contribution >= 4 is 24.1 Å². The summed E-state index contributed by atoms with van der Waals surface area (Å²) in [6, 6.07) is 8.17. The van der Waals surface area contributed by atoms with Crippen LogP contribution in [-0.4, -0.2) is 38.2 Å². The summed E-state index contributed by atoms with van der Waals surface area (Å²) in [6.45, 7) is 1.45. The number of carbonyl (C=O) groups is 2. The molecule has 0 amide bonds. The maximum Gasteiger partial charge on any atom is 0.354 e. The van der Waals surface area contributed by atoms with Gasteiger partial charge in [0.25, 0.3) is 0 Å². The van der Waals surface area contributed by atoms with Gasteiger partial charge < -0.3 is 14.9 Å². The van der Waals surface area contributed by atoms with Crippen molar-refractivity contribution in [3.05, 3.63) is 53.6 Å². The summed E-state index contributed by atoms with van der Waals surface area (Å²) in [6.07, 6.45) is 3.67. The number of aliphatic carboxylic acids is 1. The van der Waals surface area contributed by atoms with Crippen LogP contribution in [0.4, 0.5) is 0 Å². The number of aromatic carboxylic acids is 1. The van der Waals surface area contributed by atoms with E-state index in [9.17, 15) is 9.59 Å². The normalized spacial score (nSPS) is 12.0. The Kier molecular flexibility index (Phi) is 5.03. The van der Waals surface area contributed by atoms with Crippen LogP contribution in [0.15, 0.2) is 36.7 Å². The first-order valence-corrected chi connectivity index (χ1v) is 6.68. The summed E-state index contributed by atoms with van der Waals surface area (Å²) < 4.78 is 5.23. The van der Waals surface area contributed by atoms with E-state index in [1.165, 1.54) is 19.3 Å². The fourth-order valence-corrected chi connectivity index (χ4v) is 1.67. The highest BCUT2D eigenvalue weighted by atomic mass is 16.5. The fourth-order valence-electron chi connectivity index (χ4n) is 1.67. The lowest BCUT2D eigenvalue weighted by atomic mass is 10.2. The van der Waals surface area contributed by atoms with Crippen molar-refractivity contribution in [2.75, 3.05) is 0 Å². The Bertz CT molecular complexity index is 740. The topological polar surface area (TPSA) is 110 Å². The maximum atomic E-state index is 10.8. The van der Waals surface area contributed by atoms with E-state index >= 15 is 0 Å². The first-order chi connectivity index (χ1) is 11.0. The van der Waals surface area contributed by atoms with Crippen molar-refractivity contribution in [1.29, 1.82) is 0 Å². The van der Waals surface area contributed by atoms with Crippen LogP contribution in [0.2, 0.25) is 0 Å². The minimum Gasteiger partial charge on any atom is -0.479 e. The van der Waals surface area contributed by atoms with E-state index in [2.05, 4.69) is 9.97 Å². The zero-order valence-electron chi connectivity index (χ0n) is 12.2. The number of ether oxygens (including phenoxy) is 1. The summed E-state index contributed by atoms with van der Waals surface area (Å²) in [5, 5.41) is 17.6. The quantitative estimate of drug-likeness (QED) is 0.841. The van der Waals surface area contributed by atoms with Crippen LogP contribution in [0.3, 0.4) is 0 Å². The van der Waals surface area contributed by atoms with E-state index in [0.29, 0.717) is 11.4 Å². The average Bonchev–Trinajstić information content (AvgIpc) is 2.54. The lowest BCUT2D eigenvalue weighted by molar-refractivity contribution is -0.144. The van der Waals surface area contributed by atoms with Crippen LogP contribution < -0.4 is 4.74 Å². The van der Waals surface area contributed by atoms with Gasteiger partial charge in [0.15, 0.2) is 11.8 Å². The molecule has 118 valence electrons. The van der Waals surface area contributed by atoms with E-state index in [4.69, 9.17) is 14.9 Å². The smallest absolute Gasteiger partial charge is 0.354 e. The van der Waals surface area contributed by atoms with Crippen LogP contribution >= 0.6 is 0 Å². The van der Waals surface area contributed by atoms with Crippen molar-refractivity contribution in [3.8, 4) is 5.75 Å². The summed E-state index contributed by atoms with van der Waals surface area (Å²) in [7, 11) is 0. The second-order valence-corrected chi connectivity index (χ2v) is 4.63.